The van der Waals surface area contributed by atoms with Crippen LogP contribution >= 0.6 is 0 Å². The molecular weight excluding hydrogens is 484 g/mol. The fraction of sp³-hybridized carbons (Fsp3) is 0.743. The van der Waals surface area contributed by atoms with E-state index in [0.29, 0.717) is 31.1 Å². The number of fused-ring (bicyclic) bond motifs is 1. The zero-order valence-corrected chi connectivity index (χ0v) is 25.1. The first-order valence-electron chi connectivity index (χ1n) is 15.8. The molecule has 4 rings (SSSR count). The highest BCUT2D eigenvalue weighted by molar-refractivity contribution is 5.88. The number of allylic oxidation sites excluding steroid dienone is 4. The van der Waals surface area contributed by atoms with E-state index in [2.05, 4.69) is 52.5 Å². The summed E-state index contributed by atoms with van der Waals surface area (Å²) in [6.07, 6.45) is 20.1. The van der Waals surface area contributed by atoms with Crippen LogP contribution in [0.5, 0.6) is 0 Å². The molecule has 0 unspecified atom stereocenters. The number of unbranched alkanes of at least 4 members (excludes halogenated alkanes) is 3. The quantitative estimate of drug-likeness (QED) is 0.189. The van der Waals surface area contributed by atoms with Crippen LogP contribution in [0.4, 0.5) is 0 Å². The molecule has 0 aliphatic heterocycles. The van der Waals surface area contributed by atoms with Gasteiger partial charge in [-0.25, -0.2) is 0 Å². The van der Waals surface area contributed by atoms with Crippen LogP contribution in [-0.4, -0.2) is 39.4 Å². The van der Waals surface area contributed by atoms with Gasteiger partial charge in [0.25, 0.3) is 0 Å². The largest absolute Gasteiger partial charge is 0.393 e. The summed E-state index contributed by atoms with van der Waals surface area (Å²) < 4.78 is 0. The Morgan fingerprint density at radius 3 is 2.56 bits per heavy atom. The molecule has 0 aromatic heterocycles. The van der Waals surface area contributed by atoms with Gasteiger partial charge in [0.15, 0.2) is 0 Å². The van der Waals surface area contributed by atoms with Crippen molar-refractivity contribution in [3.63, 3.8) is 0 Å². The Labute approximate surface area is 237 Å². The molecule has 4 nitrogen and oxygen atoms in total. The number of hydrogen-bond acceptors (Lipinski definition) is 4. The summed E-state index contributed by atoms with van der Waals surface area (Å²) in [4.78, 5) is 13.0. The number of aliphatic hydroxyl groups is 3. The zero-order valence-electron chi connectivity index (χ0n) is 25.1. The van der Waals surface area contributed by atoms with Crippen molar-refractivity contribution in [1.82, 2.24) is 0 Å². The van der Waals surface area contributed by atoms with Gasteiger partial charge in [-0.1, -0.05) is 83.4 Å². The smallest absolute Gasteiger partial charge is 0.141 e. The van der Waals surface area contributed by atoms with Gasteiger partial charge in [-0.15, -0.1) is 0 Å². The maximum atomic E-state index is 13.0. The van der Waals surface area contributed by atoms with E-state index in [9.17, 15) is 20.1 Å². The summed E-state index contributed by atoms with van der Waals surface area (Å²) in [6.45, 7) is 13.4. The summed E-state index contributed by atoms with van der Waals surface area (Å²) in [5.41, 5.74) is 2.80. The fourth-order valence-corrected chi connectivity index (χ4v) is 8.40. The zero-order chi connectivity index (χ0) is 28.4. The second-order valence-electron chi connectivity index (χ2n) is 14.1. The Morgan fingerprint density at radius 1 is 1.13 bits per heavy atom. The normalized spacial score (nSPS) is 35.5. The van der Waals surface area contributed by atoms with Crippen LogP contribution in [0.2, 0.25) is 0 Å². The van der Waals surface area contributed by atoms with E-state index >= 15 is 0 Å². The van der Waals surface area contributed by atoms with Crippen molar-refractivity contribution < 1.29 is 20.1 Å². The molecule has 4 heteroatoms. The number of carbonyl (C=O) groups excluding carboxylic acids is 1. The Bertz CT molecular complexity index is 996. The molecule has 218 valence electrons. The maximum absolute atomic E-state index is 13.0. The second-order valence-corrected chi connectivity index (χ2v) is 14.1. The van der Waals surface area contributed by atoms with Crippen LogP contribution in [0, 0.1) is 28.1 Å². The van der Waals surface area contributed by atoms with Crippen molar-refractivity contribution in [3.05, 3.63) is 47.6 Å². The van der Waals surface area contributed by atoms with Crippen molar-refractivity contribution in [2.75, 3.05) is 0 Å². The molecule has 4 fully saturated rings. The average Bonchev–Trinajstić information content (AvgIpc) is 3.62. The van der Waals surface area contributed by atoms with Crippen LogP contribution in [0.15, 0.2) is 47.6 Å². The van der Waals surface area contributed by atoms with Gasteiger partial charge in [-0.3, -0.25) is 4.79 Å². The molecule has 0 radical (unpaired) electrons. The lowest BCUT2D eigenvalue weighted by molar-refractivity contribution is -0.127. The molecular formula is C35H54O4. The Morgan fingerprint density at radius 2 is 1.87 bits per heavy atom. The summed E-state index contributed by atoms with van der Waals surface area (Å²) in [5.74, 6) is 1.29. The number of rotatable bonds is 11. The Balaban J connectivity index is 1.44. The van der Waals surface area contributed by atoms with E-state index in [1.165, 1.54) is 37.7 Å². The summed E-state index contributed by atoms with van der Waals surface area (Å²) >= 11 is 0. The van der Waals surface area contributed by atoms with Gasteiger partial charge in [-0.05, 0) is 91.6 Å². The fourth-order valence-electron chi connectivity index (χ4n) is 8.40. The molecule has 6 atom stereocenters. The number of aliphatic hydroxyl groups excluding tert-OH is 3. The van der Waals surface area contributed by atoms with Gasteiger partial charge in [0.05, 0.1) is 23.7 Å². The first-order valence-corrected chi connectivity index (χ1v) is 15.8. The lowest BCUT2D eigenvalue weighted by Gasteiger charge is -2.47. The maximum Gasteiger partial charge on any atom is 0.141 e. The number of ketones is 1. The summed E-state index contributed by atoms with van der Waals surface area (Å²) in [7, 11) is 0. The van der Waals surface area contributed by atoms with Crippen LogP contribution < -0.4 is 0 Å². The third-order valence-corrected chi connectivity index (χ3v) is 11.0. The number of Topliss-reactive ketones (excluding diaryl/α,β-unsaturated/α-hetero) is 1. The molecule has 0 aromatic rings. The van der Waals surface area contributed by atoms with Crippen LogP contribution in [0.25, 0.3) is 0 Å². The van der Waals surface area contributed by atoms with E-state index in [-0.39, 0.29) is 16.6 Å². The Kier molecular flexibility index (Phi) is 9.51. The molecule has 0 bridgehead atoms. The second kappa shape index (κ2) is 12.2. The molecule has 39 heavy (non-hydrogen) atoms. The molecule has 4 aliphatic rings. The predicted molar refractivity (Wildman–Crippen MR) is 159 cm³/mol. The minimum absolute atomic E-state index is 0.0719. The standard InChI is InChI=1S/C35H54O4/c1-6-7-8-9-12-31(38)35(20-21-35)32(39)17-19-33(3,4)30-16-15-28-25(11-10-18-34(28,30)5)13-14-26-22-27(36)23-29(37)24(26)2/h13-14,17,19,27-30,32,36-37,39H,2,6-12,15-16,18,20-23H2,1,3-5H3/b19-17+,25-13+,26-14-/t27-,28+,29+,30-,32-,34+/m1/s1. The predicted octanol–water partition coefficient (Wildman–Crippen LogP) is 7.39. The third kappa shape index (κ3) is 6.39. The number of hydrogen-bond donors (Lipinski definition) is 3. The topological polar surface area (TPSA) is 77.8 Å². The first kappa shape index (κ1) is 30.5. The van der Waals surface area contributed by atoms with Crippen molar-refractivity contribution in [3.8, 4) is 0 Å². The highest BCUT2D eigenvalue weighted by Gasteiger charge is 2.55. The molecule has 3 N–H and O–H groups in total. The third-order valence-electron chi connectivity index (χ3n) is 11.0. The van der Waals surface area contributed by atoms with E-state index in [0.717, 1.165) is 49.7 Å². The van der Waals surface area contributed by atoms with E-state index in [4.69, 9.17) is 0 Å². The van der Waals surface area contributed by atoms with E-state index < -0.39 is 23.7 Å². The van der Waals surface area contributed by atoms with Gasteiger partial charge in [0.2, 0.25) is 0 Å². The molecule has 0 spiro atoms. The van der Waals surface area contributed by atoms with E-state index in [1.54, 1.807) is 0 Å². The molecule has 0 aromatic carbocycles. The minimum Gasteiger partial charge on any atom is -0.393 e. The number of carbonyl (C=O) groups is 1. The van der Waals surface area contributed by atoms with Crippen LogP contribution in [0.3, 0.4) is 0 Å². The van der Waals surface area contributed by atoms with Gasteiger partial charge >= 0.3 is 0 Å². The lowest BCUT2D eigenvalue weighted by atomic mass is 9.57. The Hall–Kier alpha value is -1.49. The van der Waals surface area contributed by atoms with Gasteiger partial charge < -0.3 is 15.3 Å². The van der Waals surface area contributed by atoms with Crippen molar-refractivity contribution >= 4 is 5.78 Å². The van der Waals surface area contributed by atoms with Gasteiger partial charge in [0.1, 0.15) is 5.78 Å². The van der Waals surface area contributed by atoms with Crippen molar-refractivity contribution in [2.45, 2.75) is 136 Å². The molecule has 0 heterocycles. The summed E-state index contributed by atoms with van der Waals surface area (Å²) in [5, 5.41) is 31.5. The van der Waals surface area contributed by atoms with Gasteiger partial charge in [0, 0.05) is 12.8 Å². The molecule has 4 aliphatic carbocycles. The highest BCUT2D eigenvalue weighted by atomic mass is 16.3. The lowest BCUT2D eigenvalue weighted by Crippen LogP contribution is -2.39. The molecule has 0 saturated heterocycles. The average molecular weight is 539 g/mol. The molecule has 4 saturated carbocycles. The van der Waals surface area contributed by atoms with Crippen LogP contribution in [0.1, 0.15) is 118 Å². The molecule has 0 amide bonds. The van der Waals surface area contributed by atoms with Crippen LogP contribution in [-0.2, 0) is 4.79 Å². The minimum atomic E-state index is -0.678. The highest BCUT2D eigenvalue weighted by Crippen LogP contribution is 2.62. The first-order chi connectivity index (χ1) is 18.4. The van der Waals surface area contributed by atoms with Crippen molar-refractivity contribution in [1.29, 1.82) is 0 Å². The monoisotopic (exact) mass is 538 g/mol. The summed E-state index contributed by atoms with van der Waals surface area (Å²) in [6, 6.07) is 0. The SMILES string of the molecule is C=C1/C(=C\C=C2/CCC[C@]3(C)[C@@H](C(C)(C)/C=C/[C@@H](O)C4(C(=O)CCCCCC)CC4)CC[C@@H]23)C[C@@H](O)C[C@@H]1O. The van der Waals surface area contributed by atoms with Gasteiger partial charge in [-0.2, -0.15) is 0 Å². The van der Waals surface area contributed by atoms with Crippen molar-refractivity contribution in [2.24, 2.45) is 28.1 Å². The van der Waals surface area contributed by atoms with E-state index in [1.807, 2.05) is 6.08 Å².